The average Bonchev–Trinajstić information content (AvgIpc) is 3.57. The Bertz CT molecular complexity index is 1800. The second kappa shape index (κ2) is 9.76. The average molecular weight is 593 g/mol. The van der Waals surface area contributed by atoms with Crippen molar-refractivity contribution in [1.29, 1.82) is 5.26 Å². The molecule has 6 rings (SSSR count). The van der Waals surface area contributed by atoms with Crippen molar-refractivity contribution in [3.8, 4) is 23.5 Å². The number of carbonyl (C=O) groups is 1. The number of nitriles is 1. The van der Waals surface area contributed by atoms with Gasteiger partial charge in [0.05, 0.1) is 40.7 Å². The number of rotatable bonds is 7. The van der Waals surface area contributed by atoms with Crippen molar-refractivity contribution >= 4 is 16.7 Å². The summed E-state index contributed by atoms with van der Waals surface area (Å²) >= 11 is 0. The first kappa shape index (κ1) is 28.6. The lowest BCUT2D eigenvalue weighted by Gasteiger charge is -2.33. The summed E-state index contributed by atoms with van der Waals surface area (Å²) in [5.41, 5.74) is -4.48. The Morgan fingerprint density at radius 2 is 1.65 bits per heavy atom. The van der Waals surface area contributed by atoms with Crippen LogP contribution in [-0.4, -0.2) is 40.6 Å². The Morgan fingerprint density at radius 3 is 2.30 bits per heavy atom. The minimum Gasteiger partial charge on any atom is -0.494 e. The highest BCUT2D eigenvalue weighted by molar-refractivity contribution is 5.95. The van der Waals surface area contributed by atoms with E-state index >= 15 is 0 Å². The number of methoxy groups -OCH3 is 1. The van der Waals surface area contributed by atoms with Crippen molar-refractivity contribution in [3.63, 3.8) is 0 Å². The van der Waals surface area contributed by atoms with Crippen molar-refractivity contribution in [1.82, 2.24) is 4.57 Å². The van der Waals surface area contributed by atoms with Gasteiger partial charge in [0.2, 0.25) is 11.8 Å². The molecular formula is C32H27F3N2O6. The summed E-state index contributed by atoms with van der Waals surface area (Å²) < 4.78 is 60.7. The van der Waals surface area contributed by atoms with Crippen LogP contribution in [0.25, 0.3) is 16.5 Å². The summed E-state index contributed by atoms with van der Waals surface area (Å²) in [6.07, 6.45) is -4.38. The third kappa shape index (κ3) is 3.93. The lowest BCUT2D eigenvalue weighted by atomic mass is 9.78. The summed E-state index contributed by atoms with van der Waals surface area (Å²) in [4.78, 5) is 13.1. The van der Waals surface area contributed by atoms with Crippen molar-refractivity contribution in [2.45, 2.75) is 49.2 Å². The molecule has 11 heteroatoms. The SMILES string of the molecule is CO[C@](C(=O)OCC[C@@]12CC[C@@](C)(O1)c1c2c(O)n(-c2ccc(C#N)c3ccccc23)c1O)(c1ccccc1)C(F)(F)F. The first-order valence-electron chi connectivity index (χ1n) is 13.6. The van der Waals surface area contributed by atoms with Crippen molar-refractivity contribution in [2.75, 3.05) is 13.7 Å². The number of fused-ring (bicyclic) bond motifs is 6. The number of aromatic nitrogens is 1. The van der Waals surface area contributed by atoms with Crippen molar-refractivity contribution in [3.05, 3.63) is 89.0 Å². The molecule has 0 amide bonds. The highest BCUT2D eigenvalue weighted by Gasteiger charge is 2.65. The molecule has 1 aromatic heterocycles. The van der Waals surface area contributed by atoms with Crippen LogP contribution in [0.15, 0.2) is 66.7 Å². The van der Waals surface area contributed by atoms with Gasteiger partial charge in [-0.25, -0.2) is 4.79 Å². The van der Waals surface area contributed by atoms with Gasteiger partial charge in [-0.3, -0.25) is 4.57 Å². The van der Waals surface area contributed by atoms with Crippen LogP contribution in [-0.2, 0) is 35.8 Å². The van der Waals surface area contributed by atoms with Crippen LogP contribution in [0.4, 0.5) is 13.2 Å². The lowest BCUT2D eigenvalue weighted by Crippen LogP contribution is -2.52. The predicted molar refractivity (Wildman–Crippen MR) is 147 cm³/mol. The predicted octanol–water partition coefficient (Wildman–Crippen LogP) is 6.19. The van der Waals surface area contributed by atoms with Crippen LogP contribution in [0, 0.1) is 11.3 Å². The number of carbonyl (C=O) groups excluding carboxylic acids is 1. The summed E-state index contributed by atoms with van der Waals surface area (Å²) in [5, 5.41) is 33.9. The van der Waals surface area contributed by atoms with E-state index in [0.29, 0.717) is 46.0 Å². The van der Waals surface area contributed by atoms with E-state index < -0.39 is 41.1 Å². The number of benzene rings is 3. The second-order valence-electron chi connectivity index (χ2n) is 11.0. The minimum atomic E-state index is -5.12. The van der Waals surface area contributed by atoms with E-state index in [1.54, 1.807) is 43.3 Å². The van der Waals surface area contributed by atoms with Gasteiger partial charge in [0.1, 0.15) is 5.60 Å². The Labute approximate surface area is 244 Å². The van der Waals surface area contributed by atoms with Crippen LogP contribution in [0.3, 0.4) is 0 Å². The van der Waals surface area contributed by atoms with Crippen LogP contribution in [0.2, 0.25) is 0 Å². The Kier molecular flexibility index (Phi) is 6.49. The zero-order valence-electron chi connectivity index (χ0n) is 23.2. The largest absolute Gasteiger partial charge is 0.494 e. The number of ether oxygens (including phenoxy) is 3. The molecule has 0 aliphatic carbocycles. The zero-order chi connectivity index (χ0) is 30.8. The highest BCUT2D eigenvalue weighted by atomic mass is 19.4. The Hall–Kier alpha value is -4.53. The van der Waals surface area contributed by atoms with E-state index in [2.05, 4.69) is 6.07 Å². The van der Waals surface area contributed by atoms with Gasteiger partial charge in [-0.05, 0) is 31.9 Å². The van der Waals surface area contributed by atoms with Gasteiger partial charge < -0.3 is 24.4 Å². The lowest BCUT2D eigenvalue weighted by molar-refractivity contribution is -0.276. The van der Waals surface area contributed by atoms with E-state index in [9.17, 15) is 33.4 Å². The number of hydrogen-bond donors (Lipinski definition) is 2. The highest BCUT2D eigenvalue weighted by Crippen LogP contribution is 2.65. The molecule has 1 saturated heterocycles. The first-order chi connectivity index (χ1) is 20.4. The Balaban J connectivity index is 1.36. The summed E-state index contributed by atoms with van der Waals surface area (Å²) in [6, 6.07) is 19.0. The fraction of sp³-hybridized carbons (Fsp3) is 0.312. The number of esters is 1. The van der Waals surface area contributed by atoms with E-state index in [1.807, 2.05) is 0 Å². The molecule has 3 atom stereocenters. The molecule has 2 bridgehead atoms. The van der Waals surface area contributed by atoms with Gasteiger partial charge in [-0.1, -0.05) is 54.6 Å². The van der Waals surface area contributed by atoms with Crippen LogP contribution < -0.4 is 0 Å². The van der Waals surface area contributed by atoms with E-state index in [0.717, 1.165) is 19.2 Å². The molecule has 0 unspecified atom stereocenters. The maximum absolute atomic E-state index is 14.3. The number of nitrogens with zero attached hydrogens (tertiary/aromatic N) is 2. The molecule has 2 aliphatic rings. The smallest absolute Gasteiger partial charge is 0.432 e. The molecule has 3 heterocycles. The first-order valence-corrected chi connectivity index (χ1v) is 13.6. The van der Waals surface area contributed by atoms with Crippen LogP contribution >= 0.6 is 0 Å². The van der Waals surface area contributed by atoms with Gasteiger partial charge in [0, 0.05) is 29.9 Å². The molecule has 8 nitrogen and oxygen atoms in total. The van der Waals surface area contributed by atoms with E-state index in [-0.39, 0.29) is 18.2 Å². The summed E-state index contributed by atoms with van der Waals surface area (Å²) in [5.74, 6) is -2.18. The van der Waals surface area contributed by atoms with Gasteiger partial charge >= 0.3 is 12.1 Å². The number of hydrogen-bond acceptors (Lipinski definition) is 7. The summed E-state index contributed by atoms with van der Waals surface area (Å²) in [7, 11) is 0.797. The molecule has 3 aromatic carbocycles. The molecule has 0 radical (unpaired) electrons. The third-order valence-corrected chi connectivity index (χ3v) is 8.71. The topological polar surface area (TPSA) is 114 Å². The monoisotopic (exact) mass is 592 g/mol. The molecule has 0 saturated carbocycles. The fourth-order valence-electron chi connectivity index (χ4n) is 6.71. The molecule has 1 fully saturated rings. The van der Waals surface area contributed by atoms with E-state index in [4.69, 9.17) is 14.2 Å². The summed E-state index contributed by atoms with van der Waals surface area (Å²) in [6.45, 7) is 1.29. The normalized spacial score (nSPS) is 22.2. The fourth-order valence-corrected chi connectivity index (χ4v) is 6.71. The number of alkyl halides is 3. The number of halogens is 3. The maximum Gasteiger partial charge on any atom is 0.432 e. The second-order valence-corrected chi connectivity index (χ2v) is 11.0. The molecule has 2 N–H and O–H groups in total. The van der Waals surface area contributed by atoms with Gasteiger partial charge in [0.25, 0.3) is 5.60 Å². The third-order valence-electron chi connectivity index (χ3n) is 8.71. The molecule has 43 heavy (non-hydrogen) atoms. The maximum atomic E-state index is 14.3. The minimum absolute atomic E-state index is 0.0844. The molecular weight excluding hydrogens is 565 g/mol. The quantitative estimate of drug-likeness (QED) is 0.246. The zero-order valence-corrected chi connectivity index (χ0v) is 23.2. The van der Waals surface area contributed by atoms with Gasteiger partial charge in [0.15, 0.2) is 0 Å². The van der Waals surface area contributed by atoms with E-state index in [1.165, 1.54) is 22.8 Å². The van der Waals surface area contributed by atoms with Crippen LogP contribution in [0.1, 0.15) is 48.4 Å². The van der Waals surface area contributed by atoms with Crippen LogP contribution in [0.5, 0.6) is 11.8 Å². The molecule has 0 spiro atoms. The molecule has 2 aliphatic heterocycles. The van der Waals surface area contributed by atoms with Gasteiger partial charge in [-0.15, -0.1) is 0 Å². The molecule has 4 aromatic rings. The number of aromatic hydroxyl groups is 2. The standard InChI is InChI=1S/C32H27F3N2O6/c1-29-14-15-30(43-29,16-17-42-28(40)31(41-2,32(33,34)35)20-8-4-3-5-9-20)25-24(29)26(38)37(27(25)39)23-13-12-19(18-36)21-10-6-7-11-22(21)23/h3-13,38-39H,14-17H2,1-2H3/t29-,30-,31+/m1/s1. The van der Waals surface area contributed by atoms with Crippen molar-refractivity contribution < 1.29 is 42.4 Å². The Morgan fingerprint density at radius 1 is 1.00 bits per heavy atom. The molecule has 222 valence electrons. The van der Waals surface area contributed by atoms with Crippen molar-refractivity contribution in [2.24, 2.45) is 0 Å². The van der Waals surface area contributed by atoms with Gasteiger partial charge in [-0.2, -0.15) is 18.4 Å².